The number of fused-ring (bicyclic) bond motifs is 1. The number of rotatable bonds is 10. The molecule has 0 bridgehead atoms. The second-order valence-corrected chi connectivity index (χ2v) is 8.59. The van der Waals surface area contributed by atoms with E-state index in [2.05, 4.69) is 63.9 Å². The normalized spacial score (nSPS) is 16.9. The zero-order chi connectivity index (χ0) is 22.3. The van der Waals surface area contributed by atoms with E-state index in [1.807, 2.05) is 20.2 Å². The van der Waals surface area contributed by atoms with Crippen molar-refractivity contribution in [2.45, 2.75) is 31.3 Å². The van der Waals surface area contributed by atoms with Gasteiger partial charge in [-0.25, -0.2) is 0 Å². The Morgan fingerprint density at radius 1 is 1.22 bits per heavy atom. The molecule has 0 aliphatic carbocycles. The van der Waals surface area contributed by atoms with Gasteiger partial charge in [-0.05, 0) is 42.2 Å². The first-order valence-electron chi connectivity index (χ1n) is 11.4. The molecule has 1 aliphatic heterocycles. The van der Waals surface area contributed by atoms with E-state index in [1.165, 1.54) is 16.5 Å². The van der Waals surface area contributed by atoms with Gasteiger partial charge in [0.05, 0.1) is 19.3 Å². The summed E-state index contributed by atoms with van der Waals surface area (Å²) in [4.78, 5) is 18.0. The second kappa shape index (κ2) is 10.7. The molecule has 2 atom stereocenters. The number of nitrogens with one attached hydrogen (secondary N) is 2. The first kappa shape index (κ1) is 22.4. The lowest BCUT2D eigenvalue weighted by Gasteiger charge is -2.20. The van der Waals surface area contributed by atoms with Crippen LogP contribution < -0.4 is 10.2 Å². The number of benzene rings is 2. The molecule has 32 heavy (non-hydrogen) atoms. The van der Waals surface area contributed by atoms with Crippen LogP contribution in [0.5, 0.6) is 0 Å². The van der Waals surface area contributed by atoms with Gasteiger partial charge >= 0.3 is 0 Å². The van der Waals surface area contributed by atoms with E-state index in [9.17, 15) is 4.79 Å². The molecule has 2 heterocycles. The third kappa shape index (κ3) is 5.50. The molecule has 2 N–H and O–H groups in total. The van der Waals surface area contributed by atoms with Crippen molar-refractivity contribution < 1.29 is 14.3 Å². The lowest BCUT2D eigenvalue weighted by Crippen LogP contribution is -2.30. The summed E-state index contributed by atoms with van der Waals surface area (Å²) >= 11 is 0. The van der Waals surface area contributed by atoms with Gasteiger partial charge in [0.1, 0.15) is 0 Å². The van der Waals surface area contributed by atoms with Gasteiger partial charge in [-0.2, -0.15) is 0 Å². The summed E-state index contributed by atoms with van der Waals surface area (Å²) in [5, 5.41) is 4.31. The molecule has 0 radical (unpaired) electrons. The Bertz CT molecular complexity index is 1010. The smallest absolute Gasteiger partial charge is 0.222 e. The van der Waals surface area contributed by atoms with Gasteiger partial charge < -0.3 is 24.7 Å². The van der Waals surface area contributed by atoms with Crippen molar-refractivity contribution in [2.24, 2.45) is 0 Å². The molecule has 170 valence electrons. The number of anilines is 1. The Morgan fingerprint density at radius 2 is 2.03 bits per heavy atom. The van der Waals surface area contributed by atoms with Crippen molar-refractivity contribution in [3.05, 3.63) is 65.9 Å². The third-order valence-electron chi connectivity index (χ3n) is 6.11. The van der Waals surface area contributed by atoms with Crippen molar-refractivity contribution in [3.63, 3.8) is 0 Å². The number of hydrogen-bond donors (Lipinski definition) is 2. The molecule has 1 saturated heterocycles. The average Bonchev–Trinajstić information content (AvgIpc) is 3.48. The zero-order valence-electron chi connectivity index (χ0n) is 19.0. The highest BCUT2D eigenvalue weighted by Gasteiger charge is 2.20. The Labute approximate surface area is 189 Å². The third-order valence-corrected chi connectivity index (χ3v) is 6.11. The highest BCUT2D eigenvalue weighted by Crippen LogP contribution is 2.31. The van der Waals surface area contributed by atoms with E-state index < -0.39 is 0 Å². The van der Waals surface area contributed by atoms with E-state index in [0.717, 1.165) is 30.7 Å². The van der Waals surface area contributed by atoms with Gasteiger partial charge in [0.25, 0.3) is 0 Å². The minimum Gasteiger partial charge on any atom is -0.378 e. The molecule has 1 fully saturated rings. The molecule has 1 aromatic heterocycles. The summed E-state index contributed by atoms with van der Waals surface area (Å²) in [6.45, 7) is 2.34. The maximum atomic E-state index is 12.5. The topological polar surface area (TPSA) is 66.6 Å². The summed E-state index contributed by atoms with van der Waals surface area (Å²) < 4.78 is 11.2. The van der Waals surface area contributed by atoms with Crippen molar-refractivity contribution in [1.29, 1.82) is 0 Å². The molecule has 2 unspecified atom stereocenters. The second-order valence-electron chi connectivity index (χ2n) is 8.59. The van der Waals surface area contributed by atoms with Crippen LogP contribution in [0, 0.1) is 0 Å². The van der Waals surface area contributed by atoms with E-state index in [4.69, 9.17) is 9.47 Å². The minimum absolute atomic E-state index is 0.00657. The van der Waals surface area contributed by atoms with Gasteiger partial charge in [-0.3, -0.25) is 4.79 Å². The van der Waals surface area contributed by atoms with Crippen molar-refractivity contribution in [2.75, 3.05) is 45.4 Å². The van der Waals surface area contributed by atoms with Crippen molar-refractivity contribution in [3.8, 4) is 0 Å². The van der Waals surface area contributed by atoms with Gasteiger partial charge in [-0.15, -0.1) is 0 Å². The summed E-state index contributed by atoms with van der Waals surface area (Å²) in [5.41, 5.74) is 4.62. The lowest BCUT2D eigenvalue weighted by atomic mass is 9.90. The van der Waals surface area contributed by atoms with Gasteiger partial charge in [0.2, 0.25) is 5.91 Å². The molecule has 1 aliphatic rings. The van der Waals surface area contributed by atoms with Crippen molar-refractivity contribution >= 4 is 22.5 Å². The summed E-state index contributed by atoms with van der Waals surface area (Å²) in [6.07, 6.45) is 4.75. The van der Waals surface area contributed by atoms with E-state index in [0.29, 0.717) is 26.2 Å². The number of H-pyrrole nitrogens is 1. The highest BCUT2D eigenvalue weighted by atomic mass is 16.5. The van der Waals surface area contributed by atoms with Gasteiger partial charge in [-0.1, -0.05) is 30.3 Å². The number of aromatic amines is 1. The standard InChI is InChI=1S/C26H33N3O3/c1-29(2)20-11-9-19(10-12-20)23(24-17-27-25-8-4-3-7-22(24)25)16-28-26(30)13-15-31-18-21-6-5-14-32-21/h3-4,7-12,17,21,23,27H,5-6,13-16,18H2,1-2H3,(H,28,30). The van der Waals surface area contributed by atoms with E-state index in [-0.39, 0.29) is 17.9 Å². The average molecular weight is 436 g/mol. The Kier molecular flexibility index (Phi) is 7.45. The quantitative estimate of drug-likeness (QED) is 0.471. The molecule has 2 aromatic carbocycles. The van der Waals surface area contributed by atoms with Crippen molar-refractivity contribution in [1.82, 2.24) is 10.3 Å². The number of nitrogens with zero attached hydrogens (tertiary/aromatic N) is 1. The Hall–Kier alpha value is -2.83. The molecular weight excluding hydrogens is 402 g/mol. The number of hydrogen-bond acceptors (Lipinski definition) is 4. The minimum atomic E-state index is 0.00657. The predicted molar refractivity (Wildman–Crippen MR) is 128 cm³/mol. The van der Waals surface area contributed by atoms with Crippen LogP contribution in [0.2, 0.25) is 0 Å². The number of amides is 1. The Morgan fingerprint density at radius 3 is 2.78 bits per heavy atom. The molecule has 0 saturated carbocycles. The van der Waals surface area contributed by atoms with Crippen LogP contribution in [0.1, 0.15) is 36.3 Å². The SMILES string of the molecule is CN(C)c1ccc(C(CNC(=O)CCOCC2CCCO2)c2c[nH]c3ccccc23)cc1. The van der Waals surface area contributed by atoms with Crippen LogP contribution in [0.15, 0.2) is 54.7 Å². The molecule has 6 nitrogen and oxygen atoms in total. The highest BCUT2D eigenvalue weighted by molar-refractivity contribution is 5.84. The summed E-state index contributed by atoms with van der Waals surface area (Å²) in [6, 6.07) is 16.8. The molecule has 4 rings (SSSR count). The van der Waals surface area contributed by atoms with Crippen LogP contribution in [0.3, 0.4) is 0 Å². The number of ether oxygens (including phenoxy) is 2. The van der Waals surface area contributed by atoms with Gasteiger partial charge in [0.15, 0.2) is 0 Å². The fourth-order valence-corrected chi connectivity index (χ4v) is 4.25. The number of carbonyl (C=O) groups is 1. The van der Waals surface area contributed by atoms with Crippen LogP contribution in [0.25, 0.3) is 10.9 Å². The molecule has 6 heteroatoms. The van der Waals surface area contributed by atoms with Crippen LogP contribution in [-0.4, -0.2) is 57.5 Å². The Balaban J connectivity index is 1.41. The molecule has 3 aromatic rings. The summed E-state index contributed by atoms with van der Waals surface area (Å²) in [5.74, 6) is 0.0613. The summed E-state index contributed by atoms with van der Waals surface area (Å²) in [7, 11) is 4.07. The molecular formula is C26H33N3O3. The van der Waals surface area contributed by atoms with Gasteiger partial charge in [0, 0.05) is 62.4 Å². The van der Waals surface area contributed by atoms with E-state index >= 15 is 0 Å². The first-order valence-corrected chi connectivity index (χ1v) is 11.4. The predicted octanol–water partition coefficient (Wildman–Crippen LogP) is 4.07. The first-order chi connectivity index (χ1) is 15.6. The zero-order valence-corrected chi connectivity index (χ0v) is 19.0. The monoisotopic (exact) mass is 435 g/mol. The number of carbonyl (C=O) groups excluding carboxylic acids is 1. The fourth-order valence-electron chi connectivity index (χ4n) is 4.25. The maximum absolute atomic E-state index is 12.5. The maximum Gasteiger partial charge on any atom is 0.222 e. The largest absolute Gasteiger partial charge is 0.378 e. The van der Waals surface area contributed by atoms with E-state index in [1.54, 1.807) is 0 Å². The van der Waals surface area contributed by atoms with Crippen LogP contribution >= 0.6 is 0 Å². The number of aromatic nitrogens is 1. The van der Waals surface area contributed by atoms with Crippen LogP contribution in [0.4, 0.5) is 5.69 Å². The van der Waals surface area contributed by atoms with Crippen LogP contribution in [-0.2, 0) is 14.3 Å². The molecule has 0 spiro atoms. The lowest BCUT2D eigenvalue weighted by molar-refractivity contribution is -0.122. The number of para-hydroxylation sites is 1. The fraction of sp³-hybridized carbons (Fsp3) is 0.423. The molecule has 1 amide bonds.